The van der Waals surface area contributed by atoms with Gasteiger partial charge >= 0.3 is 0 Å². The SMILES string of the molecule is O=C(Cc1ccc(Cl)cc1)Nc1ccc([N+](=O)[O-])cc1N1CCOCC1. The first-order valence-corrected chi connectivity index (χ1v) is 8.56. The predicted octanol–water partition coefficient (Wildman–Crippen LogP) is 3.27. The van der Waals surface area contributed by atoms with E-state index in [1.165, 1.54) is 12.1 Å². The van der Waals surface area contributed by atoms with Gasteiger partial charge in [-0.15, -0.1) is 0 Å². The number of nitro groups is 1. The Morgan fingerprint density at radius 3 is 2.54 bits per heavy atom. The van der Waals surface area contributed by atoms with Crippen molar-refractivity contribution in [3.05, 3.63) is 63.2 Å². The van der Waals surface area contributed by atoms with Gasteiger partial charge in [0.25, 0.3) is 5.69 Å². The molecule has 1 fully saturated rings. The molecule has 1 amide bonds. The molecule has 136 valence electrons. The third-order valence-electron chi connectivity index (χ3n) is 4.10. The van der Waals surface area contributed by atoms with Crippen LogP contribution in [0.25, 0.3) is 0 Å². The average Bonchev–Trinajstić information content (AvgIpc) is 2.64. The molecule has 0 aliphatic carbocycles. The first kappa shape index (κ1) is 18.2. The molecule has 1 aliphatic rings. The number of hydrogen-bond donors (Lipinski definition) is 1. The summed E-state index contributed by atoms with van der Waals surface area (Å²) in [6.45, 7) is 2.31. The van der Waals surface area contributed by atoms with E-state index in [2.05, 4.69) is 5.32 Å². The van der Waals surface area contributed by atoms with Gasteiger partial charge in [-0.25, -0.2) is 0 Å². The Hall–Kier alpha value is -2.64. The topological polar surface area (TPSA) is 84.7 Å². The van der Waals surface area contributed by atoms with Gasteiger partial charge < -0.3 is 15.0 Å². The number of rotatable bonds is 5. The zero-order valence-electron chi connectivity index (χ0n) is 14.0. The van der Waals surface area contributed by atoms with Crippen LogP contribution in [0.3, 0.4) is 0 Å². The van der Waals surface area contributed by atoms with Gasteiger partial charge in [-0.3, -0.25) is 14.9 Å². The minimum absolute atomic E-state index is 0.0119. The molecular weight excluding hydrogens is 358 g/mol. The molecule has 1 heterocycles. The summed E-state index contributed by atoms with van der Waals surface area (Å²) in [7, 11) is 0. The van der Waals surface area contributed by atoms with Crippen molar-refractivity contribution in [1.29, 1.82) is 0 Å². The second-order valence-electron chi connectivity index (χ2n) is 5.91. The Labute approximate surface area is 155 Å². The lowest BCUT2D eigenvalue weighted by atomic mass is 10.1. The van der Waals surface area contributed by atoms with E-state index in [9.17, 15) is 14.9 Å². The third-order valence-corrected chi connectivity index (χ3v) is 4.35. The molecule has 0 bridgehead atoms. The van der Waals surface area contributed by atoms with Crippen LogP contribution in [0.15, 0.2) is 42.5 Å². The molecular formula is C18H18ClN3O4. The van der Waals surface area contributed by atoms with Crippen molar-refractivity contribution in [3.8, 4) is 0 Å². The number of benzene rings is 2. The van der Waals surface area contributed by atoms with Gasteiger partial charge in [0.05, 0.1) is 35.9 Å². The summed E-state index contributed by atoms with van der Waals surface area (Å²) in [6.07, 6.45) is 0.191. The summed E-state index contributed by atoms with van der Waals surface area (Å²) < 4.78 is 5.33. The average molecular weight is 376 g/mol. The van der Waals surface area contributed by atoms with Crippen LogP contribution in [-0.4, -0.2) is 37.1 Å². The summed E-state index contributed by atoms with van der Waals surface area (Å²) >= 11 is 5.85. The normalized spacial score (nSPS) is 14.1. The highest BCUT2D eigenvalue weighted by Gasteiger charge is 2.19. The Kier molecular flexibility index (Phi) is 5.70. The van der Waals surface area contributed by atoms with Crippen molar-refractivity contribution >= 4 is 34.6 Å². The van der Waals surface area contributed by atoms with Crippen LogP contribution in [0.5, 0.6) is 0 Å². The fourth-order valence-electron chi connectivity index (χ4n) is 2.79. The third kappa shape index (κ3) is 4.50. The first-order valence-electron chi connectivity index (χ1n) is 8.18. The molecule has 1 aliphatic heterocycles. The van der Waals surface area contributed by atoms with E-state index in [1.807, 2.05) is 4.90 Å². The van der Waals surface area contributed by atoms with Gasteiger partial charge in [-0.1, -0.05) is 23.7 Å². The molecule has 7 nitrogen and oxygen atoms in total. The van der Waals surface area contributed by atoms with Gasteiger partial charge in [-0.05, 0) is 23.8 Å². The van der Waals surface area contributed by atoms with Crippen molar-refractivity contribution in [2.75, 3.05) is 36.5 Å². The number of morpholine rings is 1. The maximum Gasteiger partial charge on any atom is 0.271 e. The maximum absolute atomic E-state index is 12.4. The van der Waals surface area contributed by atoms with Crippen molar-refractivity contribution in [2.45, 2.75) is 6.42 Å². The van der Waals surface area contributed by atoms with Gasteiger partial charge in [0.15, 0.2) is 0 Å². The lowest BCUT2D eigenvalue weighted by molar-refractivity contribution is -0.384. The summed E-state index contributed by atoms with van der Waals surface area (Å²) in [5.41, 5.74) is 2.01. The number of nitrogens with zero attached hydrogens (tertiary/aromatic N) is 2. The Balaban J connectivity index is 1.79. The Bertz CT molecular complexity index is 805. The molecule has 26 heavy (non-hydrogen) atoms. The van der Waals surface area contributed by atoms with Crippen LogP contribution >= 0.6 is 11.6 Å². The molecule has 8 heteroatoms. The number of hydrogen-bond acceptors (Lipinski definition) is 5. The van der Waals surface area contributed by atoms with Crippen LogP contribution in [0.1, 0.15) is 5.56 Å². The molecule has 2 aromatic carbocycles. The quantitative estimate of drug-likeness (QED) is 0.640. The molecule has 0 unspecified atom stereocenters. The number of nitro benzene ring substituents is 1. The first-order chi connectivity index (χ1) is 12.5. The van der Waals surface area contributed by atoms with Gasteiger partial charge in [0.1, 0.15) is 0 Å². The highest BCUT2D eigenvalue weighted by Crippen LogP contribution is 2.31. The van der Waals surface area contributed by atoms with E-state index in [-0.39, 0.29) is 18.0 Å². The predicted molar refractivity (Wildman–Crippen MR) is 99.9 cm³/mol. The number of halogens is 1. The smallest absolute Gasteiger partial charge is 0.271 e. The Morgan fingerprint density at radius 2 is 1.88 bits per heavy atom. The number of non-ortho nitro benzene ring substituents is 1. The van der Waals surface area contributed by atoms with E-state index in [0.29, 0.717) is 42.7 Å². The van der Waals surface area contributed by atoms with E-state index in [0.717, 1.165) is 5.56 Å². The molecule has 3 rings (SSSR count). The zero-order valence-corrected chi connectivity index (χ0v) is 14.7. The monoisotopic (exact) mass is 375 g/mol. The number of anilines is 2. The maximum atomic E-state index is 12.4. The summed E-state index contributed by atoms with van der Waals surface area (Å²) in [5, 5.41) is 14.6. The van der Waals surface area contributed by atoms with E-state index in [1.54, 1.807) is 30.3 Å². The molecule has 0 spiro atoms. The molecule has 0 aromatic heterocycles. The van der Waals surface area contributed by atoms with Gasteiger partial charge in [-0.2, -0.15) is 0 Å². The van der Waals surface area contributed by atoms with Crippen LogP contribution < -0.4 is 10.2 Å². The molecule has 1 saturated heterocycles. The summed E-state index contributed by atoms with van der Waals surface area (Å²) in [5.74, 6) is -0.198. The minimum atomic E-state index is -0.441. The number of amides is 1. The number of nitrogens with one attached hydrogen (secondary N) is 1. The van der Waals surface area contributed by atoms with Crippen molar-refractivity contribution < 1.29 is 14.5 Å². The fraction of sp³-hybridized carbons (Fsp3) is 0.278. The summed E-state index contributed by atoms with van der Waals surface area (Å²) in [6, 6.07) is 11.5. The van der Waals surface area contributed by atoms with E-state index < -0.39 is 4.92 Å². The van der Waals surface area contributed by atoms with Crippen molar-refractivity contribution in [3.63, 3.8) is 0 Å². The largest absolute Gasteiger partial charge is 0.378 e. The minimum Gasteiger partial charge on any atom is -0.378 e. The lowest BCUT2D eigenvalue weighted by Gasteiger charge is -2.30. The standard InChI is InChI=1S/C18H18ClN3O4/c19-14-3-1-13(2-4-14)11-18(23)20-16-6-5-15(22(24)25)12-17(16)21-7-9-26-10-8-21/h1-6,12H,7-11H2,(H,20,23). The van der Waals surface area contributed by atoms with Gasteiger partial charge in [0, 0.05) is 30.2 Å². The number of carbonyl (C=O) groups excluding carboxylic acids is 1. The van der Waals surface area contributed by atoms with E-state index >= 15 is 0 Å². The molecule has 2 aromatic rings. The van der Waals surface area contributed by atoms with Gasteiger partial charge in [0.2, 0.25) is 5.91 Å². The lowest BCUT2D eigenvalue weighted by Crippen LogP contribution is -2.36. The van der Waals surface area contributed by atoms with Crippen LogP contribution in [0.2, 0.25) is 5.02 Å². The molecule has 0 radical (unpaired) electrons. The van der Waals surface area contributed by atoms with Crippen LogP contribution in [0.4, 0.5) is 17.1 Å². The van der Waals surface area contributed by atoms with E-state index in [4.69, 9.17) is 16.3 Å². The van der Waals surface area contributed by atoms with Crippen molar-refractivity contribution in [2.24, 2.45) is 0 Å². The highest BCUT2D eigenvalue weighted by molar-refractivity contribution is 6.30. The van der Waals surface area contributed by atoms with Crippen LogP contribution in [0, 0.1) is 10.1 Å². The molecule has 0 saturated carbocycles. The Morgan fingerprint density at radius 1 is 1.19 bits per heavy atom. The second-order valence-corrected chi connectivity index (χ2v) is 6.35. The molecule has 1 N–H and O–H groups in total. The van der Waals surface area contributed by atoms with Crippen molar-refractivity contribution in [1.82, 2.24) is 0 Å². The zero-order chi connectivity index (χ0) is 18.5. The summed E-state index contributed by atoms with van der Waals surface area (Å²) in [4.78, 5) is 25.0. The second kappa shape index (κ2) is 8.16. The molecule has 0 atom stereocenters. The highest BCUT2D eigenvalue weighted by atomic mass is 35.5. The number of carbonyl (C=O) groups is 1. The number of ether oxygens (including phenoxy) is 1. The fourth-order valence-corrected chi connectivity index (χ4v) is 2.91. The van der Waals surface area contributed by atoms with Crippen LogP contribution in [-0.2, 0) is 16.0 Å².